The Labute approximate surface area is 160 Å². The van der Waals surface area contributed by atoms with Crippen LogP contribution in [-0.2, 0) is 22.5 Å². The summed E-state index contributed by atoms with van der Waals surface area (Å²) in [5.74, 6) is 1.78. The van der Waals surface area contributed by atoms with Crippen molar-refractivity contribution in [1.82, 2.24) is 15.5 Å². The third-order valence-electron chi connectivity index (χ3n) is 4.82. The van der Waals surface area contributed by atoms with Crippen molar-refractivity contribution in [3.05, 3.63) is 21.9 Å². The zero-order valence-electron chi connectivity index (χ0n) is 15.6. The first-order valence-corrected chi connectivity index (χ1v) is 10.5. The van der Waals surface area contributed by atoms with Crippen LogP contribution in [0.3, 0.4) is 0 Å². The van der Waals surface area contributed by atoms with Gasteiger partial charge in [-0.2, -0.15) is 0 Å². The van der Waals surface area contributed by atoms with Gasteiger partial charge in [-0.1, -0.05) is 0 Å². The summed E-state index contributed by atoms with van der Waals surface area (Å²) in [6.45, 7) is 4.72. The van der Waals surface area contributed by atoms with Crippen molar-refractivity contribution in [2.24, 2.45) is 10.9 Å². The third kappa shape index (κ3) is 5.99. The molecule has 2 N–H and O–H groups in total. The fourth-order valence-electron chi connectivity index (χ4n) is 3.04. The second kappa shape index (κ2) is 9.92. The van der Waals surface area contributed by atoms with Gasteiger partial charge in [0.25, 0.3) is 0 Å². The number of amides is 1. The summed E-state index contributed by atoms with van der Waals surface area (Å²) < 4.78 is 5.62. The third-order valence-corrected chi connectivity index (χ3v) is 5.85. The predicted molar refractivity (Wildman–Crippen MR) is 106 cm³/mol. The van der Waals surface area contributed by atoms with Gasteiger partial charge in [0.15, 0.2) is 5.96 Å². The molecule has 26 heavy (non-hydrogen) atoms. The van der Waals surface area contributed by atoms with E-state index in [2.05, 4.69) is 27.1 Å². The number of ether oxygens (including phenoxy) is 1. The van der Waals surface area contributed by atoms with E-state index in [-0.39, 0.29) is 5.91 Å². The minimum atomic E-state index is 0.207. The molecule has 0 unspecified atom stereocenters. The van der Waals surface area contributed by atoms with E-state index in [9.17, 15) is 4.79 Å². The molecule has 1 amide bonds. The van der Waals surface area contributed by atoms with Crippen LogP contribution in [0.2, 0.25) is 0 Å². The van der Waals surface area contributed by atoms with Crippen molar-refractivity contribution in [2.75, 3.05) is 39.9 Å². The van der Waals surface area contributed by atoms with Gasteiger partial charge in [-0.05, 0) is 48.6 Å². The number of hydrogen-bond acceptors (Lipinski definition) is 4. The second-order valence-electron chi connectivity index (χ2n) is 6.98. The van der Waals surface area contributed by atoms with Crippen molar-refractivity contribution in [3.8, 4) is 0 Å². The summed E-state index contributed by atoms with van der Waals surface area (Å²) in [6.07, 6.45) is 5.10. The van der Waals surface area contributed by atoms with Gasteiger partial charge in [0.05, 0.1) is 0 Å². The number of nitrogens with one attached hydrogen (secondary N) is 2. The number of thiophene rings is 1. The number of aliphatic imine (C=N–C) groups is 1. The molecule has 2 aliphatic rings. The Morgan fingerprint density at radius 3 is 3.04 bits per heavy atom. The first-order valence-electron chi connectivity index (χ1n) is 9.61. The lowest BCUT2D eigenvalue weighted by Gasteiger charge is -2.27. The summed E-state index contributed by atoms with van der Waals surface area (Å²) in [4.78, 5) is 20.0. The molecule has 1 aromatic heterocycles. The van der Waals surface area contributed by atoms with Gasteiger partial charge in [-0.3, -0.25) is 9.79 Å². The van der Waals surface area contributed by atoms with Crippen LogP contribution in [0.25, 0.3) is 0 Å². The molecule has 6 nitrogen and oxygen atoms in total. The molecule has 0 aromatic carbocycles. The molecule has 0 atom stereocenters. The molecule has 1 aromatic rings. The van der Waals surface area contributed by atoms with Crippen LogP contribution in [-0.4, -0.2) is 56.7 Å². The van der Waals surface area contributed by atoms with E-state index in [1.165, 1.54) is 23.3 Å². The largest absolute Gasteiger partial charge is 0.381 e. The van der Waals surface area contributed by atoms with E-state index in [1.807, 2.05) is 4.90 Å². The maximum Gasteiger partial charge on any atom is 0.224 e. The van der Waals surface area contributed by atoms with E-state index in [1.54, 1.807) is 18.4 Å². The molecule has 2 heterocycles. The van der Waals surface area contributed by atoms with Crippen molar-refractivity contribution in [2.45, 2.75) is 38.6 Å². The fourth-order valence-corrected chi connectivity index (χ4v) is 3.93. The molecule has 1 aliphatic carbocycles. The summed E-state index contributed by atoms with van der Waals surface area (Å²) >= 11 is 1.80. The highest BCUT2D eigenvalue weighted by atomic mass is 32.1. The minimum Gasteiger partial charge on any atom is -0.381 e. The number of guanidine groups is 1. The lowest BCUT2D eigenvalue weighted by atomic mass is 10.1. The Kier molecular flexibility index (Phi) is 7.32. The van der Waals surface area contributed by atoms with Gasteiger partial charge in [0.1, 0.15) is 0 Å². The summed E-state index contributed by atoms with van der Waals surface area (Å²) in [7, 11) is 1.75. The molecule has 0 radical (unpaired) electrons. The SMILES string of the molecule is CN=C(NCCCOCC1CC1)NCCC(=O)N1CCc2sccc2C1. The molecule has 7 heteroatoms. The average molecular weight is 379 g/mol. The number of rotatable bonds is 9. The van der Waals surface area contributed by atoms with Gasteiger partial charge in [0.2, 0.25) is 5.91 Å². The van der Waals surface area contributed by atoms with Gasteiger partial charge in [-0.15, -0.1) is 11.3 Å². The van der Waals surface area contributed by atoms with Crippen LogP contribution in [0.5, 0.6) is 0 Å². The molecular weight excluding hydrogens is 348 g/mol. The van der Waals surface area contributed by atoms with E-state index < -0.39 is 0 Å². The monoisotopic (exact) mass is 378 g/mol. The lowest BCUT2D eigenvalue weighted by Crippen LogP contribution is -2.41. The van der Waals surface area contributed by atoms with Gasteiger partial charge >= 0.3 is 0 Å². The standard InChI is InChI=1S/C19H30N4O2S/c1-20-19(21-8-2-11-25-14-15-3-4-15)22-9-5-18(24)23-10-6-17-16(13-23)7-12-26-17/h7,12,15H,2-6,8-11,13-14H2,1H3,(H2,20,21,22). The second-order valence-corrected chi connectivity index (χ2v) is 7.98. The quantitative estimate of drug-likeness (QED) is 0.392. The maximum absolute atomic E-state index is 12.4. The lowest BCUT2D eigenvalue weighted by molar-refractivity contribution is -0.131. The predicted octanol–water partition coefficient (Wildman–Crippen LogP) is 2.00. The molecule has 0 saturated heterocycles. The highest BCUT2D eigenvalue weighted by Gasteiger charge is 2.21. The Hall–Kier alpha value is -1.60. The van der Waals surface area contributed by atoms with Crippen LogP contribution < -0.4 is 10.6 Å². The van der Waals surface area contributed by atoms with Crippen LogP contribution in [0, 0.1) is 5.92 Å². The zero-order valence-corrected chi connectivity index (χ0v) is 16.4. The number of fused-ring (bicyclic) bond motifs is 1. The number of carbonyl (C=O) groups excluding carboxylic acids is 1. The van der Waals surface area contributed by atoms with E-state index in [4.69, 9.17) is 4.74 Å². The van der Waals surface area contributed by atoms with E-state index in [0.717, 1.165) is 57.6 Å². The van der Waals surface area contributed by atoms with Crippen molar-refractivity contribution < 1.29 is 9.53 Å². The van der Waals surface area contributed by atoms with E-state index in [0.29, 0.717) is 13.0 Å². The van der Waals surface area contributed by atoms with Crippen LogP contribution in [0.4, 0.5) is 0 Å². The zero-order chi connectivity index (χ0) is 18.2. The molecule has 3 rings (SSSR count). The fraction of sp³-hybridized carbons (Fsp3) is 0.684. The minimum absolute atomic E-state index is 0.207. The van der Waals surface area contributed by atoms with Gasteiger partial charge < -0.3 is 20.3 Å². The molecular formula is C19H30N4O2S. The smallest absolute Gasteiger partial charge is 0.224 e. The highest BCUT2D eigenvalue weighted by molar-refractivity contribution is 7.10. The first-order chi connectivity index (χ1) is 12.8. The Balaban J connectivity index is 1.26. The molecule has 144 valence electrons. The summed E-state index contributed by atoms with van der Waals surface area (Å²) in [5, 5.41) is 8.61. The molecule has 0 bridgehead atoms. The summed E-state index contributed by atoms with van der Waals surface area (Å²) in [5.41, 5.74) is 1.31. The van der Waals surface area contributed by atoms with Crippen molar-refractivity contribution in [1.29, 1.82) is 0 Å². The van der Waals surface area contributed by atoms with Crippen LogP contribution >= 0.6 is 11.3 Å². The number of nitrogens with zero attached hydrogens (tertiary/aromatic N) is 2. The van der Waals surface area contributed by atoms with Crippen LogP contribution in [0.1, 0.15) is 36.1 Å². The Morgan fingerprint density at radius 1 is 1.38 bits per heavy atom. The molecule has 1 saturated carbocycles. The Bertz CT molecular complexity index is 612. The molecule has 1 aliphatic heterocycles. The van der Waals surface area contributed by atoms with E-state index >= 15 is 0 Å². The van der Waals surface area contributed by atoms with Crippen molar-refractivity contribution >= 4 is 23.2 Å². The normalized spacial score (nSPS) is 17.1. The summed E-state index contributed by atoms with van der Waals surface area (Å²) in [6, 6.07) is 2.14. The maximum atomic E-state index is 12.4. The first kappa shape index (κ1) is 19.2. The van der Waals surface area contributed by atoms with Crippen molar-refractivity contribution in [3.63, 3.8) is 0 Å². The van der Waals surface area contributed by atoms with Crippen LogP contribution in [0.15, 0.2) is 16.4 Å². The van der Waals surface area contributed by atoms with Gasteiger partial charge in [0, 0.05) is 57.7 Å². The average Bonchev–Trinajstić information content (AvgIpc) is 3.36. The molecule has 0 spiro atoms. The number of hydrogen-bond donors (Lipinski definition) is 2. The van der Waals surface area contributed by atoms with Gasteiger partial charge in [-0.25, -0.2) is 0 Å². The number of carbonyl (C=O) groups is 1. The molecule has 1 fully saturated rings. The Morgan fingerprint density at radius 2 is 2.23 bits per heavy atom. The topological polar surface area (TPSA) is 66.0 Å². The highest BCUT2D eigenvalue weighted by Crippen LogP contribution is 2.28.